The molecular formula is C11H20N4S. The zero-order valence-electron chi connectivity index (χ0n) is 10.1. The summed E-state index contributed by atoms with van der Waals surface area (Å²) in [6.07, 6.45) is 0. The summed E-state index contributed by atoms with van der Waals surface area (Å²) in [5.41, 5.74) is 3.93. The number of nitrogens with one attached hydrogen (secondary N) is 1. The number of aliphatic imine (C=N–C) groups is 1. The molecule has 16 heavy (non-hydrogen) atoms. The van der Waals surface area contributed by atoms with Gasteiger partial charge in [0.05, 0.1) is 0 Å². The summed E-state index contributed by atoms with van der Waals surface area (Å²) in [6, 6.07) is 2.11. The normalized spacial score (nSPS) is 11.9. The van der Waals surface area contributed by atoms with Gasteiger partial charge in [-0.1, -0.05) is 13.8 Å². The van der Waals surface area contributed by atoms with Gasteiger partial charge in [0.25, 0.3) is 0 Å². The van der Waals surface area contributed by atoms with Crippen molar-refractivity contribution < 1.29 is 0 Å². The predicted molar refractivity (Wildman–Crippen MR) is 70.2 cm³/mol. The Morgan fingerprint density at radius 3 is 2.88 bits per heavy atom. The molecule has 5 heteroatoms. The van der Waals surface area contributed by atoms with Crippen LogP contribution in [-0.4, -0.2) is 24.5 Å². The maximum atomic E-state index is 5.47. The number of rotatable bonds is 4. The highest BCUT2D eigenvalue weighted by molar-refractivity contribution is 7.07. The third-order valence-electron chi connectivity index (χ3n) is 2.10. The van der Waals surface area contributed by atoms with E-state index in [1.54, 1.807) is 11.3 Å². The predicted octanol–water partition coefficient (Wildman–Crippen LogP) is 1.66. The minimum Gasteiger partial charge on any atom is -0.341 e. The lowest BCUT2D eigenvalue weighted by Crippen LogP contribution is -2.42. The lowest BCUT2D eigenvalue weighted by Gasteiger charge is -2.20. The number of guanidine groups is 1. The minimum absolute atomic E-state index is 0.540. The zero-order valence-corrected chi connectivity index (χ0v) is 10.9. The first-order valence-corrected chi connectivity index (χ1v) is 6.31. The van der Waals surface area contributed by atoms with Crippen LogP contribution in [0.2, 0.25) is 0 Å². The molecule has 3 N–H and O–H groups in total. The molecule has 90 valence electrons. The molecule has 4 nitrogen and oxygen atoms in total. The van der Waals surface area contributed by atoms with E-state index in [2.05, 4.69) is 41.1 Å². The average Bonchev–Trinajstić information content (AvgIpc) is 2.71. The molecular weight excluding hydrogens is 220 g/mol. The fraction of sp³-hybridized carbons (Fsp3) is 0.545. The molecule has 0 saturated heterocycles. The molecule has 0 aliphatic carbocycles. The van der Waals surface area contributed by atoms with Crippen LogP contribution in [0.25, 0.3) is 0 Å². The summed E-state index contributed by atoms with van der Waals surface area (Å²) in [6.45, 7) is 5.88. The number of hydrazine groups is 1. The summed E-state index contributed by atoms with van der Waals surface area (Å²) in [5, 5.41) is 4.21. The Bertz CT molecular complexity index is 319. The van der Waals surface area contributed by atoms with Crippen molar-refractivity contribution >= 4 is 17.3 Å². The third-order valence-corrected chi connectivity index (χ3v) is 2.83. The van der Waals surface area contributed by atoms with Crippen molar-refractivity contribution in [2.75, 3.05) is 13.6 Å². The summed E-state index contributed by atoms with van der Waals surface area (Å²) in [5.74, 6) is 6.74. The number of hydrogen-bond acceptors (Lipinski definition) is 3. The van der Waals surface area contributed by atoms with E-state index < -0.39 is 0 Å². The Morgan fingerprint density at radius 1 is 1.62 bits per heavy atom. The van der Waals surface area contributed by atoms with Crippen LogP contribution >= 0.6 is 11.3 Å². The van der Waals surface area contributed by atoms with Gasteiger partial charge in [-0.15, -0.1) is 0 Å². The first kappa shape index (κ1) is 13.0. The third kappa shape index (κ3) is 4.20. The molecule has 1 aromatic heterocycles. The Labute approximate surface area is 101 Å². The Hall–Kier alpha value is -1.07. The molecule has 0 spiro atoms. The fourth-order valence-electron chi connectivity index (χ4n) is 1.28. The van der Waals surface area contributed by atoms with Crippen LogP contribution in [-0.2, 0) is 6.54 Å². The summed E-state index contributed by atoms with van der Waals surface area (Å²) in [4.78, 5) is 6.45. The van der Waals surface area contributed by atoms with E-state index in [1.165, 1.54) is 5.56 Å². The second kappa shape index (κ2) is 6.50. The lowest BCUT2D eigenvalue weighted by molar-refractivity contribution is 0.474. The summed E-state index contributed by atoms with van der Waals surface area (Å²) in [7, 11) is 1.98. The highest BCUT2D eigenvalue weighted by Crippen LogP contribution is 2.08. The number of hydrogen-bond donors (Lipinski definition) is 2. The molecule has 0 bridgehead atoms. The van der Waals surface area contributed by atoms with E-state index in [4.69, 9.17) is 5.84 Å². The molecule has 0 saturated carbocycles. The molecule has 1 heterocycles. The average molecular weight is 240 g/mol. The van der Waals surface area contributed by atoms with Crippen LogP contribution < -0.4 is 11.3 Å². The first-order chi connectivity index (χ1) is 7.63. The van der Waals surface area contributed by atoms with Crippen LogP contribution in [0.4, 0.5) is 0 Å². The first-order valence-electron chi connectivity index (χ1n) is 5.36. The van der Waals surface area contributed by atoms with Crippen molar-refractivity contribution in [3.63, 3.8) is 0 Å². The molecule has 1 rings (SSSR count). The summed E-state index contributed by atoms with van der Waals surface area (Å²) < 4.78 is 0. The monoisotopic (exact) mass is 240 g/mol. The molecule has 0 aromatic carbocycles. The molecule has 0 fully saturated rings. The number of nitrogens with two attached hydrogens (primary N) is 1. The van der Waals surface area contributed by atoms with Crippen LogP contribution in [0, 0.1) is 5.92 Å². The van der Waals surface area contributed by atoms with Crippen molar-refractivity contribution in [3.8, 4) is 0 Å². The molecule has 0 unspecified atom stereocenters. The largest absolute Gasteiger partial charge is 0.341 e. The zero-order chi connectivity index (χ0) is 12.0. The highest BCUT2D eigenvalue weighted by atomic mass is 32.1. The van der Waals surface area contributed by atoms with Gasteiger partial charge in [-0.05, 0) is 28.3 Å². The number of nitrogens with zero attached hydrogens (tertiary/aromatic N) is 2. The van der Waals surface area contributed by atoms with Gasteiger partial charge >= 0.3 is 0 Å². The van der Waals surface area contributed by atoms with Gasteiger partial charge in [-0.3, -0.25) is 10.4 Å². The maximum Gasteiger partial charge on any atom is 0.208 e. The van der Waals surface area contributed by atoms with Crippen LogP contribution in [0.3, 0.4) is 0 Å². The van der Waals surface area contributed by atoms with Crippen LogP contribution in [0.15, 0.2) is 21.8 Å². The van der Waals surface area contributed by atoms with E-state index >= 15 is 0 Å². The van der Waals surface area contributed by atoms with Crippen molar-refractivity contribution in [2.24, 2.45) is 16.8 Å². The molecule has 1 aromatic rings. The SMILES string of the molecule is CC(C)CN=C(NN)N(C)Cc1ccsc1. The van der Waals surface area contributed by atoms with E-state index in [9.17, 15) is 0 Å². The molecule has 0 atom stereocenters. The van der Waals surface area contributed by atoms with Gasteiger partial charge in [-0.2, -0.15) is 11.3 Å². The van der Waals surface area contributed by atoms with Gasteiger partial charge in [0, 0.05) is 20.1 Å². The van der Waals surface area contributed by atoms with Crippen LogP contribution in [0.5, 0.6) is 0 Å². The molecule has 0 aliphatic heterocycles. The second-order valence-electron chi connectivity index (χ2n) is 4.19. The topological polar surface area (TPSA) is 53.6 Å². The van der Waals surface area contributed by atoms with E-state index in [-0.39, 0.29) is 0 Å². The van der Waals surface area contributed by atoms with Gasteiger partial charge < -0.3 is 4.90 Å². The lowest BCUT2D eigenvalue weighted by atomic mass is 10.2. The fourth-order valence-corrected chi connectivity index (χ4v) is 1.94. The molecule has 0 aliphatic rings. The van der Waals surface area contributed by atoms with Gasteiger partial charge in [-0.25, -0.2) is 5.84 Å². The standard InChI is InChI=1S/C11H20N4S/c1-9(2)6-13-11(14-12)15(3)7-10-4-5-16-8-10/h4-5,8-9H,6-7,12H2,1-3H3,(H,13,14). The quantitative estimate of drug-likeness (QED) is 0.364. The Kier molecular flexibility index (Phi) is 5.28. The van der Waals surface area contributed by atoms with Gasteiger partial charge in [0.2, 0.25) is 5.96 Å². The van der Waals surface area contributed by atoms with Crippen LogP contribution in [0.1, 0.15) is 19.4 Å². The second-order valence-corrected chi connectivity index (χ2v) is 4.97. The highest BCUT2D eigenvalue weighted by Gasteiger charge is 2.06. The van der Waals surface area contributed by atoms with E-state index in [0.717, 1.165) is 19.0 Å². The van der Waals surface area contributed by atoms with Crippen molar-refractivity contribution in [2.45, 2.75) is 20.4 Å². The van der Waals surface area contributed by atoms with Crippen molar-refractivity contribution in [1.82, 2.24) is 10.3 Å². The number of thiophene rings is 1. The van der Waals surface area contributed by atoms with Crippen molar-refractivity contribution in [1.29, 1.82) is 0 Å². The molecule has 0 amide bonds. The van der Waals surface area contributed by atoms with Gasteiger partial charge in [0.1, 0.15) is 0 Å². The Balaban J connectivity index is 2.55. The minimum atomic E-state index is 0.540. The van der Waals surface area contributed by atoms with Gasteiger partial charge in [0.15, 0.2) is 0 Å². The maximum absolute atomic E-state index is 5.47. The van der Waals surface area contributed by atoms with E-state index in [0.29, 0.717) is 5.92 Å². The molecule has 0 radical (unpaired) electrons. The van der Waals surface area contributed by atoms with Crippen molar-refractivity contribution in [3.05, 3.63) is 22.4 Å². The Morgan fingerprint density at radius 2 is 2.38 bits per heavy atom. The summed E-state index contributed by atoms with van der Waals surface area (Å²) >= 11 is 1.70. The van der Waals surface area contributed by atoms with E-state index in [1.807, 2.05) is 11.9 Å². The smallest absolute Gasteiger partial charge is 0.208 e.